The summed E-state index contributed by atoms with van der Waals surface area (Å²) in [5.74, 6) is 0.311. The summed E-state index contributed by atoms with van der Waals surface area (Å²) in [5.41, 5.74) is 8.28. The van der Waals surface area contributed by atoms with Crippen LogP contribution in [0.5, 0.6) is 0 Å². The maximum absolute atomic E-state index is 8.51. The average molecular weight is 280 g/mol. The van der Waals surface area contributed by atoms with E-state index in [0.29, 0.717) is 18.2 Å². The summed E-state index contributed by atoms with van der Waals surface area (Å²) in [4.78, 5) is 3.90. The molecule has 0 aliphatic heterocycles. The number of nitrogens with zero attached hydrogens (tertiary/aromatic N) is 1. The number of hydrogen-bond donors (Lipinski definition) is 3. The van der Waals surface area contributed by atoms with E-state index in [2.05, 4.69) is 10.3 Å². The lowest BCUT2D eigenvalue weighted by Gasteiger charge is -2.20. The highest BCUT2D eigenvalue weighted by molar-refractivity contribution is 6.03. The third kappa shape index (κ3) is 3.92. The molecule has 2 rings (SSSR count). The Labute approximate surface area is 125 Å². The van der Waals surface area contributed by atoms with Crippen LogP contribution in [0, 0.1) is 5.41 Å². The quantitative estimate of drug-likeness (QED) is 0.581. The third-order valence-electron chi connectivity index (χ3n) is 3.36. The van der Waals surface area contributed by atoms with Crippen LogP contribution in [0.1, 0.15) is 17.0 Å². The molecule has 0 aromatic heterocycles. The number of nitrogens with one attached hydrogen (secondary N) is 2. The molecule has 2 aromatic carbocycles. The fourth-order valence-corrected chi connectivity index (χ4v) is 2.18. The topological polar surface area (TPSA) is 74.3 Å². The van der Waals surface area contributed by atoms with Crippen LogP contribution in [0.15, 0.2) is 65.7 Å². The minimum Gasteiger partial charge on any atom is -0.370 e. The minimum atomic E-state index is -0.0751. The largest absolute Gasteiger partial charge is 0.370 e. The van der Waals surface area contributed by atoms with Gasteiger partial charge in [-0.05, 0) is 11.1 Å². The van der Waals surface area contributed by atoms with Crippen molar-refractivity contribution in [3.8, 4) is 0 Å². The Kier molecular flexibility index (Phi) is 5.10. The van der Waals surface area contributed by atoms with Gasteiger partial charge in [0, 0.05) is 25.2 Å². The number of guanidine groups is 1. The molecule has 0 amide bonds. The molecule has 0 fully saturated rings. The van der Waals surface area contributed by atoms with Crippen molar-refractivity contribution in [3.05, 3.63) is 71.8 Å². The van der Waals surface area contributed by atoms with Gasteiger partial charge in [0.25, 0.3) is 0 Å². The summed E-state index contributed by atoms with van der Waals surface area (Å²) in [7, 11) is 1.64. The molecule has 0 saturated heterocycles. The molecule has 2 aromatic rings. The first-order valence-corrected chi connectivity index (χ1v) is 6.87. The van der Waals surface area contributed by atoms with Gasteiger partial charge in [0.05, 0.1) is 0 Å². The minimum absolute atomic E-state index is 0.0751. The van der Waals surface area contributed by atoms with Gasteiger partial charge >= 0.3 is 0 Å². The molecule has 1 unspecified atom stereocenters. The molecule has 0 radical (unpaired) electrons. The van der Waals surface area contributed by atoms with Crippen LogP contribution in [0.4, 0.5) is 0 Å². The lowest BCUT2D eigenvalue weighted by atomic mass is 9.90. The zero-order valence-electron chi connectivity index (χ0n) is 12.1. The van der Waals surface area contributed by atoms with E-state index in [4.69, 9.17) is 11.1 Å². The molecule has 0 aliphatic carbocycles. The fourth-order valence-electron chi connectivity index (χ4n) is 2.18. The summed E-state index contributed by atoms with van der Waals surface area (Å²) in [5, 5.41) is 11.6. The van der Waals surface area contributed by atoms with E-state index in [1.807, 2.05) is 60.7 Å². The predicted octanol–water partition coefficient (Wildman–Crippen LogP) is 2.37. The number of benzene rings is 2. The third-order valence-corrected chi connectivity index (χ3v) is 3.36. The summed E-state index contributed by atoms with van der Waals surface area (Å²) in [6.07, 6.45) is 0. The summed E-state index contributed by atoms with van der Waals surface area (Å²) in [6.45, 7) is 0.543. The fraction of sp³-hybridized carbons (Fsp3) is 0.176. The number of aliphatic imine (C=N–C) groups is 1. The van der Waals surface area contributed by atoms with Crippen molar-refractivity contribution in [2.75, 3.05) is 13.6 Å². The Morgan fingerprint density at radius 2 is 1.67 bits per heavy atom. The molecule has 21 heavy (non-hydrogen) atoms. The van der Waals surface area contributed by atoms with Gasteiger partial charge in [-0.2, -0.15) is 0 Å². The Bertz CT molecular complexity index is 605. The van der Waals surface area contributed by atoms with E-state index in [-0.39, 0.29) is 5.92 Å². The van der Waals surface area contributed by atoms with Crippen LogP contribution in [-0.2, 0) is 0 Å². The lowest BCUT2D eigenvalue weighted by Crippen LogP contribution is -2.36. The van der Waals surface area contributed by atoms with Crippen LogP contribution in [0.2, 0.25) is 0 Å². The van der Waals surface area contributed by atoms with E-state index >= 15 is 0 Å². The van der Waals surface area contributed by atoms with Crippen molar-refractivity contribution in [3.63, 3.8) is 0 Å². The van der Waals surface area contributed by atoms with Crippen LogP contribution in [0.25, 0.3) is 0 Å². The molecule has 4 heteroatoms. The second-order valence-electron chi connectivity index (χ2n) is 4.73. The normalized spacial score (nSPS) is 12.7. The molecule has 0 aliphatic rings. The van der Waals surface area contributed by atoms with E-state index in [9.17, 15) is 0 Å². The first-order valence-electron chi connectivity index (χ1n) is 6.87. The van der Waals surface area contributed by atoms with Crippen molar-refractivity contribution >= 4 is 11.7 Å². The van der Waals surface area contributed by atoms with Crippen LogP contribution >= 0.6 is 0 Å². The van der Waals surface area contributed by atoms with Crippen LogP contribution < -0.4 is 11.1 Å². The number of hydrogen-bond acceptors (Lipinski definition) is 2. The first-order chi connectivity index (χ1) is 10.2. The Hall–Kier alpha value is -2.62. The van der Waals surface area contributed by atoms with Crippen molar-refractivity contribution < 1.29 is 0 Å². The zero-order chi connectivity index (χ0) is 15.1. The van der Waals surface area contributed by atoms with Crippen molar-refractivity contribution in [2.24, 2.45) is 10.7 Å². The highest BCUT2D eigenvalue weighted by atomic mass is 15.1. The molecular weight excluding hydrogens is 260 g/mol. The monoisotopic (exact) mass is 280 g/mol. The second kappa shape index (κ2) is 7.24. The predicted molar refractivity (Wildman–Crippen MR) is 88.0 cm³/mol. The number of nitrogens with two attached hydrogens (primary N) is 1. The molecule has 0 saturated carbocycles. The smallest absolute Gasteiger partial charge is 0.188 e. The van der Waals surface area contributed by atoms with E-state index in [1.54, 1.807) is 7.05 Å². The molecule has 0 bridgehead atoms. The van der Waals surface area contributed by atoms with Gasteiger partial charge in [-0.25, -0.2) is 0 Å². The summed E-state index contributed by atoms with van der Waals surface area (Å²) in [6, 6.07) is 19.8. The van der Waals surface area contributed by atoms with E-state index in [1.165, 1.54) is 0 Å². The van der Waals surface area contributed by atoms with Gasteiger partial charge in [0.15, 0.2) is 5.96 Å². The first kappa shape index (κ1) is 14.8. The molecular formula is C17H20N4. The maximum Gasteiger partial charge on any atom is 0.188 e. The molecule has 0 spiro atoms. The van der Waals surface area contributed by atoms with Gasteiger partial charge < -0.3 is 16.5 Å². The summed E-state index contributed by atoms with van der Waals surface area (Å²) >= 11 is 0. The van der Waals surface area contributed by atoms with Gasteiger partial charge in [0.1, 0.15) is 0 Å². The Morgan fingerprint density at radius 3 is 2.24 bits per heavy atom. The highest BCUT2D eigenvalue weighted by Crippen LogP contribution is 2.20. The maximum atomic E-state index is 8.51. The van der Waals surface area contributed by atoms with E-state index < -0.39 is 0 Å². The molecule has 1 atom stereocenters. The van der Waals surface area contributed by atoms with Crippen molar-refractivity contribution in [2.45, 2.75) is 5.92 Å². The summed E-state index contributed by atoms with van der Waals surface area (Å²) < 4.78 is 0. The van der Waals surface area contributed by atoms with Gasteiger partial charge in [-0.3, -0.25) is 4.99 Å². The molecule has 4 nitrogen and oxygen atoms in total. The SMILES string of the molecule is CN=C(N)NCC(C(=N)c1ccccc1)c1ccccc1. The average Bonchev–Trinajstić information content (AvgIpc) is 2.56. The zero-order valence-corrected chi connectivity index (χ0v) is 12.1. The van der Waals surface area contributed by atoms with Gasteiger partial charge in [0.2, 0.25) is 0 Å². The highest BCUT2D eigenvalue weighted by Gasteiger charge is 2.18. The molecule has 0 heterocycles. The van der Waals surface area contributed by atoms with Gasteiger partial charge in [-0.15, -0.1) is 0 Å². The second-order valence-corrected chi connectivity index (χ2v) is 4.73. The Balaban J connectivity index is 2.25. The van der Waals surface area contributed by atoms with Gasteiger partial charge in [-0.1, -0.05) is 60.7 Å². The van der Waals surface area contributed by atoms with Crippen molar-refractivity contribution in [1.29, 1.82) is 5.41 Å². The van der Waals surface area contributed by atoms with Crippen LogP contribution in [0.3, 0.4) is 0 Å². The standard InChI is InChI=1S/C17H20N4/c1-20-17(19)21-12-15(13-8-4-2-5-9-13)16(18)14-10-6-3-7-11-14/h2-11,15,18H,12H2,1H3,(H3,19,20,21). The molecule has 108 valence electrons. The van der Waals surface area contributed by atoms with Crippen LogP contribution in [-0.4, -0.2) is 25.3 Å². The number of rotatable bonds is 5. The molecule has 4 N–H and O–H groups in total. The van der Waals surface area contributed by atoms with Crippen molar-refractivity contribution in [1.82, 2.24) is 5.32 Å². The van der Waals surface area contributed by atoms with E-state index in [0.717, 1.165) is 11.1 Å². The Morgan fingerprint density at radius 1 is 1.10 bits per heavy atom. The lowest BCUT2D eigenvalue weighted by molar-refractivity contribution is 0.800.